The van der Waals surface area contributed by atoms with Gasteiger partial charge in [-0.15, -0.1) is 5.10 Å². The molecule has 2 saturated heterocycles. The van der Waals surface area contributed by atoms with Crippen LogP contribution in [0.2, 0.25) is 0 Å². The molecule has 1 amide bonds. The third-order valence-electron chi connectivity index (χ3n) is 4.96. The second-order valence-electron chi connectivity index (χ2n) is 6.88. The summed E-state index contributed by atoms with van der Waals surface area (Å²) in [5.74, 6) is -0.613. The molecule has 2 aromatic rings. The highest BCUT2D eigenvalue weighted by Crippen LogP contribution is 2.36. The van der Waals surface area contributed by atoms with Crippen molar-refractivity contribution in [2.45, 2.75) is 24.3 Å². The number of carbonyl (C=O) groups is 2. The van der Waals surface area contributed by atoms with E-state index in [1.54, 1.807) is 11.8 Å². The van der Waals surface area contributed by atoms with Crippen LogP contribution in [-0.4, -0.2) is 83.9 Å². The van der Waals surface area contributed by atoms with Gasteiger partial charge < -0.3 is 34.2 Å². The lowest BCUT2D eigenvalue weighted by atomic mass is 10.1. The summed E-state index contributed by atoms with van der Waals surface area (Å²) < 4.78 is 23.4. The first-order chi connectivity index (χ1) is 14.6. The van der Waals surface area contributed by atoms with Crippen molar-refractivity contribution in [1.29, 1.82) is 0 Å². The number of fused-ring (bicyclic) bond motifs is 1. The quantitative estimate of drug-likeness (QED) is 0.507. The van der Waals surface area contributed by atoms with Crippen molar-refractivity contribution in [2.75, 3.05) is 33.5 Å². The molecule has 2 fully saturated rings. The van der Waals surface area contributed by atoms with Crippen molar-refractivity contribution in [2.24, 2.45) is 0 Å². The average Bonchev–Trinajstić information content (AvgIpc) is 3.45. The molecule has 0 aliphatic carbocycles. The maximum absolute atomic E-state index is 12.0. The first-order valence-corrected chi connectivity index (χ1v) is 9.29. The normalized spacial score (nSPS) is 25.1. The zero-order valence-electron chi connectivity index (χ0n) is 16.1. The van der Waals surface area contributed by atoms with Crippen LogP contribution < -0.4 is 15.2 Å². The molecule has 1 N–H and O–H groups in total. The maximum Gasteiger partial charge on any atom is 0.246 e. The number of benzene rings is 1. The summed E-state index contributed by atoms with van der Waals surface area (Å²) in [4.78, 5) is 22.3. The smallest absolute Gasteiger partial charge is 0.246 e. The lowest BCUT2D eigenvalue weighted by Gasteiger charge is -2.18. The number of aromatic nitrogens is 4. The molecule has 3 heterocycles. The number of carbonyl (C=O) groups excluding carboxylic acids is 2. The lowest BCUT2D eigenvalue weighted by Crippen LogP contribution is -2.45. The van der Waals surface area contributed by atoms with Gasteiger partial charge in [0.2, 0.25) is 5.91 Å². The summed E-state index contributed by atoms with van der Waals surface area (Å²) in [7, 11) is 1.59. The predicted molar refractivity (Wildman–Crippen MR) is 96.1 cm³/mol. The molecule has 0 radical (unpaired) electrons. The van der Waals surface area contributed by atoms with Gasteiger partial charge in [0.25, 0.3) is 0 Å². The van der Waals surface area contributed by atoms with Gasteiger partial charge in [0.15, 0.2) is 5.82 Å². The van der Waals surface area contributed by atoms with Crippen LogP contribution in [0.4, 0.5) is 0 Å². The Kier molecular flexibility index (Phi) is 5.88. The number of tetrazole rings is 1. The molecule has 12 nitrogen and oxygen atoms in total. The van der Waals surface area contributed by atoms with Gasteiger partial charge in [-0.2, -0.15) is 0 Å². The topological polar surface area (TPSA) is 150 Å². The fourth-order valence-electron chi connectivity index (χ4n) is 3.66. The summed E-state index contributed by atoms with van der Waals surface area (Å²) in [6, 6.07) is 6.72. The molecule has 2 aliphatic heterocycles. The van der Waals surface area contributed by atoms with Crippen LogP contribution >= 0.6 is 0 Å². The highest BCUT2D eigenvalue weighted by atomic mass is 16.6. The fraction of sp³-hybridized carbons (Fsp3) is 0.500. The Morgan fingerprint density at radius 2 is 2.10 bits per heavy atom. The van der Waals surface area contributed by atoms with E-state index in [0.717, 1.165) is 5.56 Å². The Morgan fingerprint density at radius 3 is 2.90 bits per heavy atom. The molecule has 30 heavy (non-hydrogen) atoms. The molecule has 1 aromatic heterocycles. The maximum atomic E-state index is 12.0. The third kappa shape index (κ3) is 4.10. The van der Waals surface area contributed by atoms with Crippen molar-refractivity contribution < 1.29 is 33.6 Å². The zero-order chi connectivity index (χ0) is 21.1. The van der Waals surface area contributed by atoms with Crippen molar-refractivity contribution in [3.8, 4) is 17.1 Å². The molecular weight excluding hydrogens is 398 g/mol. The summed E-state index contributed by atoms with van der Waals surface area (Å²) in [5.41, 5.74) is 0.788. The standard InChI is InChI=1S/C18H21N5O7/c1-27-11-4-2-3-10(5-11)18-20-21-22-23(18)13-7-30-16-12(6-29-17(13)16)19-14(24)8-28-9-15(25)26/h2-5,12-13,16-17H,6-9H2,1H3,(H,19,24)(H,25,26)/p-1/t12-,13-,16+,17+/m0/s1. The van der Waals surface area contributed by atoms with E-state index in [-0.39, 0.29) is 24.9 Å². The monoisotopic (exact) mass is 418 g/mol. The number of nitrogens with zero attached hydrogens (tertiary/aromatic N) is 4. The van der Waals surface area contributed by atoms with E-state index >= 15 is 0 Å². The van der Waals surface area contributed by atoms with Crippen molar-refractivity contribution >= 4 is 11.9 Å². The van der Waals surface area contributed by atoms with Crippen molar-refractivity contribution in [1.82, 2.24) is 25.5 Å². The summed E-state index contributed by atoms with van der Waals surface area (Å²) in [5, 5.41) is 25.2. The van der Waals surface area contributed by atoms with E-state index in [1.165, 1.54) is 0 Å². The first-order valence-electron chi connectivity index (χ1n) is 9.29. The van der Waals surface area contributed by atoms with E-state index in [1.807, 2.05) is 24.3 Å². The van der Waals surface area contributed by atoms with Gasteiger partial charge in [0, 0.05) is 5.56 Å². The SMILES string of the molecule is COc1cccc(-c2nnnn2[C@H]2CO[C@H]3[C@@H]2OC[C@@H]3NC(=O)COCC(=O)[O-])c1. The lowest BCUT2D eigenvalue weighted by molar-refractivity contribution is -0.309. The Balaban J connectivity index is 1.43. The van der Waals surface area contributed by atoms with Crippen LogP contribution in [0, 0.1) is 0 Å². The third-order valence-corrected chi connectivity index (χ3v) is 4.96. The summed E-state index contributed by atoms with van der Waals surface area (Å²) >= 11 is 0. The molecule has 160 valence electrons. The summed E-state index contributed by atoms with van der Waals surface area (Å²) in [6.45, 7) is -0.483. The number of amides is 1. The minimum absolute atomic E-state index is 0.245. The molecule has 4 atom stereocenters. The van der Waals surface area contributed by atoms with E-state index in [9.17, 15) is 14.7 Å². The van der Waals surface area contributed by atoms with Crippen LogP contribution in [0.3, 0.4) is 0 Å². The van der Waals surface area contributed by atoms with Gasteiger partial charge in [-0.25, -0.2) is 4.68 Å². The number of nitrogens with one attached hydrogen (secondary N) is 1. The Bertz CT molecular complexity index is 920. The molecule has 12 heteroatoms. The summed E-state index contributed by atoms with van der Waals surface area (Å²) in [6.07, 6.45) is -0.741. The number of hydrogen-bond acceptors (Lipinski definition) is 10. The van der Waals surface area contributed by atoms with Crippen molar-refractivity contribution in [3.05, 3.63) is 24.3 Å². The molecule has 4 rings (SSSR count). The van der Waals surface area contributed by atoms with Crippen molar-refractivity contribution in [3.63, 3.8) is 0 Å². The van der Waals surface area contributed by atoms with E-state index in [0.29, 0.717) is 18.2 Å². The Labute approximate surface area is 171 Å². The van der Waals surface area contributed by atoms with Gasteiger partial charge >= 0.3 is 0 Å². The number of carboxylic acid groups (broad SMARTS) is 1. The average molecular weight is 418 g/mol. The highest BCUT2D eigenvalue weighted by molar-refractivity contribution is 5.78. The van der Waals surface area contributed by atoms with Crippen LogP contribution in [0.25, 0.3) is 11.4 Å². The second-order valence-corrected chi connectivity index (χ2v) is 6.88. The number of carboxylic acids is 1. The van der Waals surface area contributed by atoms with Gasteiger partial charge in [-0.3, -0.25) is 4.79 Å². The second kappa shape index (κ2) is 8.73. The minimum atomic E-state index is -1.39. The van der Waals surface area contributed by atoms with E-state index in [2.05, 4.69) is 20.8 Å². The van der Waals surface area contributed by atoms with Crippen LogP contribution in [-0.2, 0) is 23.8 Å². The molecule has 0 saturated carbocycles. The minimum Gasteiger partial charge on any atom is -0.548 e. The number of aliphatic carboxylic acids is 1. The fourth-order valence-corrected chi connectivity index (χ4v) is 3.66. The molecular formula is C18H20N5O7-. The van der Waals surface area contributed by atoms with Gasteiger partial charge in [-0.1, -0.05) is 12.1 Å². The van der Waals surface area contributed by atoms with Crippen LogP contribution in [0.1, 0.15) is 6.04 Å². The molecule has 0 bridgehead atoms. The Hall–Kier alpha value is -3.09. The molecule has 0 spiro atoms. The number of ether oxygens (including phenoxy) is 4. The Morgan fingerprint density at radius 1 is 1.27 bits per heavy atom. The van der Waals surface area contributed by atoms with Gasteiger partial charge in [-0.05, 0) is 22.6 Å². The number of hydrogen-bond donors (Lipinski definition) is 1. The highest BCUT2D eigenvalue weighted by Gasteiger charge is 2.50. The molecule has 2 aliphatic rings. The predicted octanol–water partition coefficient (Wildman–Crippen LogP) is -2.06. The van der Waals surface area contributed by atoms with E-state index in [4.69, 9.17) is 18.9 Å². The molecule has 0 unspecified atom stereocenters. The van der Waals surface area contributed by atoms with Crippen LogP contribution in [0.15, 0.2) is 24.3 Å². The number of methoxy groups -OCH3 is 1. The van der Waals surface area contributed by atoms with E-state index < -0.39 is 31.1 Å². The zero-order valence-corrected chi connectivity index (χ0v) is 16.1. The van der Waals surface area contributed by atoms with Gasteiger partial charge in [0.05, 0.1) is 38.9 Å². The first kappa shape index (κ1) is 20.2. The number of rotatable bonds is 8. The largest absolute Gasteiger partial charge is 0.548 e. The van der Waals surface area contributed by atoms with Crippen LogP contribution in [0.5, 0.6) is 5.75 Å². The molecule has 1 aromatic carbocycles. The van der Waals surface area contributed by atoms with Gasteiger partial charge in [0.1, 0.15) is 30.6 Å².